The number of fused-ring (bicyclic) bond motifs is 1. The van der Waals surface area contributed by atoms with Gasteiger partial charge in [0.2, 0.25) is 11.0 Å². The molecule has 0 fully saturated rings. The Bertz CT molecular complexity index is 1020. The SMILES string of the molecule is Cc1nnc(NC(=O)Cn2cnc3sc(C(N)=O)c(C)c3c2=O)s1. The van der Waals surface area contributed by atoms with Crippen molar-refractivity contribution in [3.8, 4) is 0 Å². The number of nitrogens with zero attached hydrogens (tertiary/aromatic N) is 4. The summed E-state index contributed by atoms with van der Waals surface area (Å²) in [6, 6.07) is 0. The van der Waals surface area contributed by atoms with Crippen LogP contribution in [0.5, 0.6) is 0 Å². The maximum Gasteiger partial charge on any atom is 0.262 e. The molecule has 9 nitrogen and oxygen atoms in total. The molecule has 124 valence electrons. The van der Waals surface area contributed by atoms with Crippen LogP contribution in [-0.2, 0) is 11.3 Å². The first-order valence-corrected chi connectivity index (χ1v) is 8.38. The van der Waals surface area contributed by atoms with E-state index in [1.54, 1.807) is 13.8 Å². The Morgan fingerprint density at radius 2 is 2.04 bits per heavy atom. The molecule has 0 atom stereocenters. The molecule has 3 aromatic rings. The highest BCUT2D eigenvalue weighted by Crippen LogP contribution is 2.26. The second-order valence-electron chi connectivity index (χ2n) is 4.95. The van der Waals surface area contributed by atoms with Crippen LogP contribution in [-0.4, -0.2) is 31.6 Å². The summed E-state index contributed by atoms with van der Waals surface area (Å²) in [5.74, 6) is -1.02. The smallest absolute Gasteiger partial charge is 0.262 e. The normalized spacial score (nSPS) is 10.9. The van der Waals surface area contributed by atoms with Gasteiger partial charge in [-0.3, -0.25) is 24.3 Å². The third kappa shape index (κ3) is 2.90. The quantitative estimate of drug-likeness (QED) is 0.699. The van der Waals surface area contributed by atoms with Crippen molar-refractivity contribution in [3.05, 3.63) is 32.1 Å². The predicted octanol–water partition coefficient (Wildman–Crippen LogP) is 0.664. The number of thiophene rings is 1. The van der Waals surface area contributed by atoms with Gasteiger partial charge in [0, 0.05) is 0 Å². The molecule has 0 radical (unpaired) electrons. The maximum atomic E-state index is 12.5. The van der Waals surface area contributed by atoms with Crippen LogP contribution in [0, 0.1) is 13.8 Å². The lowest BCUT2D eigenvalue weighted by atomic mass is 10.2. The highest BCUT2D eigenvalue weighted by atomic mass is 32.1. The molecular weight excluding hydrogens is 352 g/mol. The van der Waals surface area contributed by atoms with E-state index in [-0.39, 0.29) is 6.54 Å². The van der Waals surface area contributed by atoms with Crippen molar-refractivity contribution < 1.29 is 9.59 Å². The van der Waals surface area contributed by atoms with Gasteiger partial charge in [0.25, 0.3) is 11.5 Å². The van der Waals surface area contributed by atoms with Crippen molar-refractivity contribution in [2.75, 3.05) is 5.32 Å². The van der Waals surface area contributed by atoms with Gasteiger partial charge in [-0.25, -0.2) is 4.98 Å². The lowest BCUT2D eigenvalue weighted by Gasteiger charge is -2.05. The highest BCUT2D eigenvalue weighted by molar-refractivity contribution is 7.20. The average molecular weight is 364 g/mol. The number of aryl methyl sites for hydroxylation is 2. The number of hydrogen-bond acceptors (Lipinski definition) is 8. The molecule has 3 aromatic heterocycles. The fourth-order valence-electron chi connectivity index (χ4n) is 2.17. The van der Waals surface area contributed by atoms with E-state index in [0.717, 1.165) is 16.3 Å². The molecule has 0 bridgehead atoms. The van der Waals surface area contributed by atoms with Gasteiger partial charge in [-0.15, -0.1) is 21.5 Å². The van der Waals surface area contributed by atoms with Gasteiger partial charge in [-0.2, -0.15) is 0 Å². The van der Waals surface area contributed by atoms with Crippen LogP contribution < -0.4 is 16.6 Å². The Morgan fingerprint density at radius 1 is 1.29 bits per heavy atom. The Balaban J connectivity index is 1.91. The lowest BCUT2D eigenvalue weighted by molar-refractivity contribution is -0.116. The summed E-state index contributed by atoms with van der Waals surface area (Å²) in [5, 5.41) is 11.5. The average Bonchev–Trinajstić information content (AvgIpc) is 3.06. The van der Waals surface area contributed by atoms with E-state index in [4.69, 9.17) is 5.73 Å². The van der Waals surface area contributed by atoms with Gasteiger partial charge in [0.05, 0.1) is 16.6 Å². The highest BCUT2D eigenvalue weighted by Gasteiger charge is 2.18. The summed E-state index contributed by atoms with van der Waals surface area (Å²) in [4.78, 5) is 40.8. The van der Waals surface area contributed by atoms with Crippen molar-refractivity contribution in [2.24, 2.45) is 5.73 Å². The van der Waals surface area contributed by atoms with E-state index in [1.165, 1.54) is 22.2 Å². The summed E-state index contributed by atoms with van der Waals surface area (Å²) in [6.07, 6.45) is 1.27. The second kappa shape index (κ2) is 6.09. The van der Waals surface area contributed by atoms with Crippen molar-refractivity contribution in [3.63, 3.8) is 0 Å². The molecule has 0 saturated carbocycles. The number of primary amides is 1. The molecule has 11 heteroatoms. The number of carbonyl (C=O) groups excluding carboxylic acids is 2. The molecule has 0 aliphatic rings. The standard InChI is InChI=1S/C13H12N6O3S2/c1-5-8-11(24-9(5)10(14)21)15-4-19(12(8)22)3-7(20)16-13-18-17-6(2)23-13/h4H,3H2,1-2H3,(H2,14,21)(H,16,18,20). The van der Waals surface area contributed by atoms with E-state index in [1.807, 2.05) is 0 Å². The minimum absolute atomic E-state index is 0.221. The number of amides is 2. The zero-order chi connectivity index (χ0) is 17.4. The van der Waals surface area contributed by atoms with E-state index in [9.17, 15) is 14.4 Å². The maximum absolute atomic E-state index is 12.5. The van der Waals surface area contributed by atoms with Crippen LogP contribution in [0.3, 0.4) is 0 Å². The van der Waals surface area contributed by atoms with Gasteiger partial charge in [-0.1, -0.05) is 11.3 Å². The molecular formula is C13H12N6O3S2. The van der Waals surface area contributed by atoms with E-state index >= 15 is 0 Å². The second-order valence-corrected chi connectivity index (χ2v) is 7.13. The monoisotopic (exact) mass is 364 g/mol. The third-order valence-corrected chi connectivity index (χ3v) is 5.20. The molecule has 0 spiro atoms. The molecule has 0 aliphatic heterocycles. The zero-order valence-corrected chi connectivity index (χ0v) is 14.3. The summed E-state index contributed by atoms with van der Waals surface area (Å²) in [7, 11) is 0. The molecule has 3 heterocycles. The molecule has 2 amide bonds. The molecule has 3 rings (SSSR count). The Labute approximate surface area is 143 Å². The van der Waals surface area contributed by atoms with E-state index in [2.05, 4.69) is 20.5 Å². The first kappa shape index (κ1) is 16.2. The number of aromatic nitrogens is 4. The fraction of sp³-hybridized carbons (Fsp3) is 0.231. The number of rotatable bonds is 4. The molecule has 0 unspecified atom stereocenters. The number of nitrogens with two attached hydrogens (primary N) is 1. The van der Waals surface area contributed by atoms with Crippen LogP contribution in [0.1, 0.15) is 20.2 Å². The predicted molar refractivity (Wildman–Crippen MR) is 90.4 cm³/mol. The van der Waals surface area contributed by atoms with Gasteiger partial charge >= 0.3 is 0 Å². The Kier molecular flexibility index (Phi) is 4.11. The van der Waals surface area contributed by atoms with Gasteiger partial charge in [-0.05, 0) is 19.4 Å². The van der Waals surface area contributed by atoms with Crippen molar-refractivity contribution >= 4 is 49.8 Å². The van der Waals surface area contributed by atoms with Gasteiger partial charge < -0.3 is 5.73 Å². The zero-order valence-electron chi connectivity index (χ0n) is 12.7. The minimum atomic E-state index is -0.606. The van der Waals surface area contributed by atoms with Crippen LogP contribution in [0.25, 0.3) is 10.2 Å². The first-order valence-electron chi connectivity index (χ1n) is 6.75. The topological polar surface area (TPSA) is 133 Å². The van der Waals surface area contributed by atoms with E-state index < -0.39 is 17.4 Å². The Hall–Kier alpha value is -2.66. The summed E-state index contributed by atoms with van der Waals surface area (Å²) in [5.41, 5.74) is 5.38. The number of nitrogens with one attached hydrogen (secondary N) is 1. The summed E-state index contributed by atoms with van der Waals surface area (Å²) >= 11 is 2.30. The van der Waals surface area contributed by atoms with Crippen molar-refractivity contribution in [2.45, 2.75) is 20.4 Å². The minimum Gasteiger partial charge on any atom is -0.365 e. The van der Waals surface area contributed by atoms with Crippen molar-refractivity contribution in [1.82, 2.24) is 19.7 Å². The fourth-order valence-corrected chi connectivity index (χ4v) is 3.77. The third-order valence-electron chi connectivity index (χ3n) is 3.23. The number of carbonyl (C=O) groups is 2. The lowest BCUT2D eigenvalue weighted by Crippen LogP contribution is -2.28. The van der Waals surface area contributed by atoms with Crippen LogP contribution in [0.15, 0.2) is 11.1 Å². The van der Waals surface area contributed by atoms with Gasteiger partial charge in [0.1, 0.15) is 16.4 Å². The molecule has 0 saturated heterocycles. The molecule has 0 aromatic carbocycles. The number of anilines is 1. The Morgan fingerprint density at radius 3 is 2.67 bits per heavy atom. The van der Waals surface area contributed by atoms with Crippen LogP contribution >= 0.6 is 22.7 Å². The van der Waals surface area contributed by atoms with Gasteiger partial charge in [0.15, 0.2) is 0 Å². The summed E-state index contributed by atoms with van der Waals surface area (Å²) in [6.45, 7) is 3.18. The van der Waals surface area contributed by atoms with E-state index in [0.29, 0.717) is 25.8 Å². The molecule has 0 aliphatic carbocycles. The van der Waals surface area contributed by atoms with Crippen LogP contribution in [0.4, 0.5) is 5.13 Å². The number of hydrogen-bond donors (Lipinski definition) is 2. The summed E-state index contributed by atoms with van der Waals surface area (Å²) < 4.78 is 1.18. The first-order chi connectivity index (χ1) is 11.4. The molecule has 24 heavy (non-hydrogen) atoms. The van der Waals surface area contributed by atoms with Crippen LogP contribution in [0.2, 0.25) is 0 Å². The van der Waals surface area contributed by atoms with Crippen molar-refractivity contribution in [1.29, 1.82) is 0 Å². The molecule has 3 N–H and O–H groups in total. The largest absolute Gasteiger partial charge is 0.365 e.